The molecular formula is C16H20N4O3. The number of benzene rings is 1. The second kappa shape index (κ2) is 6.37. The number of hydrogen-bond acceptors (Lipinski definition) is 5. The van der Waals surface area contributed by atoms with Crippen LogP contribution in [-0.2, 0) is 7.05 Å². The van der Waals surface area contributed by atoms with Gasteiger partial charge in [-0.2, -0.15) is 0 Å². The number of aliphatic hydroxyl groups is 1. The molecule has 1 aliphatic rings. The quantitative estimate of drug-likeness (QED) is 0.691. The lowest BCUT2D eigenvalue weighted by Crippen LogP contribution is -2.38. The van der Waals surface area contributed by atoms with Crippen LogP contribution in [0.1, 0.15) is 24.8 Å². The van der Waals surface area contributed by atoms with Crippen LogP contribution >= 0.6 is 0 Å². The Morgan fingerprint density at radius 3 is 2.91 bits per heavy atom. The molecule has 1 aliphatic heterocycles. The largest absolute Gasteiger partial charge is 0.385 e. The van der Waals surface area contributed by atoms with Gasteiger partial charge in [-0.3, -0.25) is 10.1 Å². The highest BCUT2D eigenvalue weighted by Crippen LogP contribution is 2.34. The number of rotatable bonds is 4. The minimum absolute atomic E-state index is 0.00432. The van der Waals surface area contributed by atoms with E-state index in [9.17, 15) is 15.2 Å². The number of hydrogen-bond donors (Lipinski definition) is 1. The van der Waals surface area contributed by atoms with Crippen molar-refractivity contribution in [2.45, 2.75) is 18.9 Å². The fourth-order valence-electron chi connectivity index (χ4n) is 3.25. The highest BCUT2D eigenvalue weighted by atomic mass is 16.6. The lowest BCUT2D eigenvalue weighted by molar-refractivity contribution is -0.384. The summed E-state index contributed by atoms with van der Waals surface area (Å²) in [6.45, 7) is 1.34. The Balaban J connectivity index is 1.82. The van der Waals surface area contributed by atoms with E-state index < -0.39 is 6.10 Å². The second-order valence-corrected chi connectivity index (χ2v) is 5.94. The smallest absolute Gasteiger partial charge is 0.292 e. The molecule has 7 heteroatoms. The van der Waals surface area contributed by atoms with Crippen molar-refractivity contribution >= 4 is 11.4 Å². The predicted octanol–water partition coefficient (Wildman–Crippen LogP) is 2.28. The maximum Gasteiger partial charge on any atom is 0.292 e. The molecule has 3 rings (SSSR count). The molecule has 0 radical (unpaired) electrons. The molecule has 23 heavy (non-hydrogen) atoms. The van der Waals surface area contributed by atoms with Gasteiger partial charge < -0.3 is 14.6 Å². The van der Waals surface area contributed by atoms with E-state index >= 15 is 0 Å². The highest BCUT2D eigenvalue weighted by molar-refractivity contribution is 5.63. The lowest BCUT2D eigenvalue weighted by Gasteiger charge is -2.36. The van der Waals surface area contributed by atoms with Gasteiger partial charge >= 0.3 is 0 Å². The maximum atomic E-state index is 11.2. The Hall–Kier alpha value is -2.41. The van der Waals surface area contributed by atoms with Gasteiger partial charge in [-0.05, 0) is 18.9 Å². The van der Waals surface area contributed by atoms with E-state index in [1.165, 1.54) is 6.07 Å². The summed E-state index contributed by atoms with van der Waals surface area (Å²) in [5, 5.41) is 21.8. The van der Waals surface area contributed by atoms with E-state index in [1.54, 1.807) is 30.6 Å². The molecule has 0 aliphatic carbocycles. The van der Waals surface area contributed by atoms with Crippen LogP contribution in [0.2, 0.25) is 0 Å². The molecule has 0 spiro atoms. The number of imidazole rings is 1. The number of para-hydroxylation sites is 2. The first-order chi connectivity index (χ1) is 11.1. The lowest BCUT2D eigenvalue weighted by atomic mass is 9.91. The van der Waals surface area contributed by atoms with Gasteiger partial charge in [0.1, 0.15) is 17.6 Å². The van der Waals surface area contributed by atoms with Crippen molar-refractivity contribution in [1.29, 1.82) is 0 Å². The van der Waals surface area contributed by atoms with Gasteiger partial charge in [0.2, 0.25) is 0 Å². The Labute approximate surface area is 134 Å². The van der Waals surface area contributed by atoms with Crippen molar-refractivity contribution < 1.29 is 10.0 Å². The van der Waals surface area contributed by atoms with E-state index in [-0.39, 0.29) is 16.5 Å². The van der Waals surface area contributed by atoms with E-state index in [0.29, 0.717) is 18.1 Å². The number of anilines is 1. The van der Waals surface area contributed by atoms with E-state index in [1.807, 2.05) is 16.5 Å². The molecule has 2 atom stereocenters. The van der Waals surface area contributed by atoms with Gasteiger partial charge in [0.05, 0.1) is 4.92 Å². The Bertz CT molecular complexity index is 700. The van der Waals surface area contributed by atoms with Crippen LogP contribution in [0.4, 0.5) is 11.4 Å². The molecule has 1 aromatic carbocycles. The zero-order valence-corrected chi connectivity index (χ0v) is 13.0. The summed E-state index contributed by atoms with van der Waals surface area (Å²) in [6, 6.07) is 6.77. The molecule has 1 fully saturated rings. The summed E-state index contributed by atoms with van der Waals surface area (Å²) in [6.07, 6.45) is 4.58. The molecular weight excluding hydrogens is 296 g/mol. The van der Waals surface area contributed by atoms with E-state index in [4.69, 9.17) is 0 Å². The third-order valence-corrected chi connectivity index (χ3v) is 4.45. The van der Waals surface area contributed by atoms with E-state index in [0.717, 1.165) is 19.4 Å². The van der Waals surface area contributed by atoms with Gasteiger partial charge in [0, 0.05) is 44.5 Å². The number of nitrogens with zero attached hydrogens (tertiary/aromatic N) is 4. The molecule has 1 saturated heterocycles. The third-order valence-electron chi connectivity index (χ3n) is 4.45. The average molecular weight is 316 g/mol. The Kier molecular flexibility index (Phi) is 4.29. The van der Waals surface area contributed by atoms with Crippen molar-refractivity contribution in [3.05, 3.63) is 52.6 Å². The first-order valence-electron chi connectivity index (χ1n) is 7.71. The van der Waals surface area contributed by atoms with Crippen LogP contribution in [0.5, 0.6) is 0 Å². The maximum absolute atomic E-state index is 11.2. The summed E-state index contributed by atoms with van der Waals surface area (Å²) >= 11 is 0. The molecule has 7 nitrogen and oxygen atoms in total. The second-order valence-electron chi connectivity index (χ2n) is 5.94. The van der Waals surface area contributed by atoms with Gasteiger partial charge in [0.15, 0.2) is 0 Å². The zero-order chi connectivity index (χ0) is 16.4. The molecule has 2 heterocycles. The van der Waals surface area contributed by atoms with Gasteiger partial charge in [-0.25, -0.2) is 4.98 Å². The topological polar surface area (TPSA) is 84.4 Å². The minimum atomic E-state index is -0.666. The number of aromatic nitrogens is 2. The van der Waals surface area contributed by atoms with Crippen molar-refractivity contribution in [2.24, 2.45) is 13.0 Å². The Morgan fingerprint density at radius 2 is 2.22 bits per heavy atom. The number of aliphatic hydroxyl groups excluding tert-OH is 1. The van der Waals surface area contributed by atoms with E-state index in [2.05, 4.69) is 4.98 Å². The van der Waals surface area contributed by atoms with Crippen LogP contribution in [0, 0.1) is 16.0 Å². The average Bonchev–Trinajstić information content (AvgIpc) is 3.00. The Morgan fingerprint density at radius 1 is 1.43 bits per heavy atom. The van der Waals surface area contributed by atoms with Crippen molar-refractivity contribution in [3.8, 4) is 0 Å². The molecule has 1 aromatic heterocycles. The molecule has 122 valence electrons. The molecule has 0 unspecified atom stereocenters. The van der Waals surface area contributed by atoms with Gasteiger partial charge in [0.25, 0.3) is 5.69 Å². The van der Waals surface area contributed by atoms with Crippen LogP contribution in [-0.4, -0.2) is 32.7 Å². The molecule has 0 amide bonds. The van der Waals surface area contributed by atoms with Crippen molar-refractivity contribution in [2.75, 3.05) is 18.0 Å². The number of nitro benzene ring substituents is 1. The SMILES string of the molecule is Cn1ccnc1[C@@H](O)[C@@H]1CCCN(c2ccccc2[N+](=O)[O-])C1. The summed E-state index contributed by atoms with van der Waals surface area (Å²) in [7, 11) is 1.86. The van der Waals surface area contributed by atoms with Crippen LogP contribution in [0.25, 0.3) is 0 Å². The fraction of sp³-hybridized carbons (Fsp3) is 0.438. The van der Waals surface area contributed by atoms with Crippen molar-refractivity contribution in [3.63, 3.8) is 0 Å². The zero-order valence-electron chi connectivity index (χ0n) is 13.0. The standard InChI is InChI=1S/C16H20N4O3/c1-18-10-8-17-16(18)15(21)12-5-4-9-19(11-12)13-6-2-3-7-14(13)20(22)23/h2-3,6-8,10,12,15,21H,4-5,9,11H2,1H3/t12-,15+/m1/s1. The summed E-state index contributed by atoms with van der Waals surface area (Å²) in [5.41, 5.74) is 0.730. The predicted molar refractivity (Wildman–Crippen MR) is 86.2 cm³/mol. The van der Waals surface area contributed by atoms with Gasteiger partial charge in [-0.1, -0.05) is 12.1 Å². The summed E-state index contributed by atoms with van der Waals surface area (Å²) in [5.74, 6) is 0.643. The van der Waals surface area contributed by atoms with Gasteiger partial charge in [-0.15, -0.1) is 0 Å². The van der Waals surface area contributed by atoms with Crippen LogP contribution in [0.3, 0.4) is 0 Å². The number of piperidine rings is 1. The molecule has 0 saturated carbocycles. The molecule has 1 N–H and O–H groups in total. The fourth-order valence-corrected chi connectivity index (χ4v) is 3.25. The number of aryl methyl sites for hydroxylation is 1. The normalized spacial score (nSPS) is 19.6. The number of nitro groups is 1. The van der Waals surface area contributed by atoms with Crippen LogP contribution < -0.4 is 4.90 Å². The molecule has 2 aromatic rings. The third kappa shape index (κ3) is 3.05. The first-order valence-corrected chi connectivity index (χ1v) is 7.71. The highest BCUT2D eigenvalue weighted by Gasteiger charge is 2.31. The van der Waals surface area contributed by atoms with Crippen molar-refractivity contribution in [1.82, 2.24) is 9.55 Å². The monoisotopic (exact) mass is 316 g/mol. The minimum Gasteiger partial charge on any atom is -0.385 e. The van der Waals surface area contributed by atoms with Crippen LogP contribution in [0.15, 0.2) is 36.7 Å². The first kappa shape index (κ1) is 15.5. The molecule has 0 bridgehead atoms. The summed E-state index contributed by atoms with van der Waals surface area (Å²) < 4.78 is 1.81. The summed E-state index contributed by atoms with van der Waals surface area (Å²) in [4.78, 5) is 17.1.